The number of aliphatic hydroxyl groups is 1. The predicted molar refractivity (Wildman–Crippen MR) is 122 cm³/mol. The SMILES string of the molecule is CCNC(=NCC1(CCO)CCOC1)NCCN(C)Cc1ccc(F)cc1.I. The molecule has 1 aromatic carbocycles. The molecule has 0 aliphatic carbocycles. The fourth-order valence-corrected chi connectivity index (χ4v) is 3.22. The van der Waals surface area contributed by atoms with E-state index in [0.717, 1.165) is 57.2 Å². The average molecular weight is 508 g/mol. The zero-order chi connectivity index (χ0) is 19.5. The summed E-state index contributed by atoms with van der Waals surface area (Å²) in [5, 5.41) is 16.0. The third-order valence-electron chi connectivity index (χ3n) is 4.90. The van der Waals surface area contributed by atoms with Crippen molar-refractivity contribution in [2.24, 2.45) is 10.4 Å². The lowest BCUT2D eigenvalue weighted by molar-refractivity contribution is 0.131. The Hall–Kier alpha value is -0.970. The first kappa shape index (κ1) is 25.1. The molecule has 2 rings (SSSR count). The molecule has 3 N–H and O–H groups in total. The van der Waals surface area contributed by atoms with Crippen LogP contribution in [0.1, 0.15) is 25.3 Å². The number of halogens is 2. The first-order valence-corrected chi connectivity index (χ1v) is 9.71. The number of guanidine groups is 1. The van der Waals surface area contributed by atoms with Crippen molar-refractivity contribution in [1.29, 1.82) is 0 Å². The molecule has 1 aliphatic heterocycles. The number of ether oxygens (including phenoxy) is 1. The number of aliphatic imine (C=N–C) groups is 1. The Morgan fingerprint density at radius 2 is 2.07 bits per heavy atom. The Bertz CT molecular complexity index is 580. The number of benzene rings is 1. The lowest BCUT2D eigenvalue weighted by atomic mass is 9.84. The first-order valence-electron chi connectivity index (χ1n) is 9.71. The van der Waals surface area contributed by atoms with E-state index in [0.29, 0.717) is 13.2 Å². The molecule has 1 aromatic rings. The van der Waals surface area contributed by atoms with Crippen LogP contribution in [0.15, 0.2) is 29.3 Å². The van der Waals surface area contributed by atoms with E-state index in [-0.39, 0.29) is 41.8 Å². The zero-order valence-corrected chi connectivity index (χ0v) is 19.2. The average Bonchev–Trinajstić information content (AvgIpc) is 3.11. The first-order chi connectivity index (χ1) is 13.1. The maximum absolute atomic E-state index is 13.0. The molecule has 1 saturated heterocycles. The lowest BCUT2D eigenvalue weighted by Crippen LogP contribution is -2.41. The quantitative estimate of drug-likeness (QED) is 0.257. The van der Waals surface area contributed by atoms with Gasteiger partial charge in [-0.25, -0.2) is 4.39 Å². The van der Waals surface area contributed by atoms with Crippen molar-refractivity contribution >= 4 is 29.9 Å². The molecule has 8 heteroatoms. The third-order valence-corrected chi connectivity index (χ3v) is 4.90. The standard InChI is InChI=1S/C20H33FN4O2.HI/c1-3-22-19(24-15-20(8-12-26)9-13-27-16-20)23-10-11-25(2)14-17-4-6-18(21)7-5-17;/h4-7,26H,3,8-16H2,1-2H3,(H2,22,23,24);1H. The van der Waals surface area contributed by atoms with E-state index < -0.39 is 0 Å². The van der Waals surface area contributed by atoms with E-state index in [1.54, 1.807) is 0 Å². The molecule has 0 aromatic heterocycles. The van der Waals surface area contributed by atoms with Crippen LogP contribution in [0.2, 0.25) is 0 Å². The Balaban J connectivity index is 0.00000392. The van der Waals surface area contributed by atoms with E-state index in [4.69, 9.17) is 9.73 Å². The second-order valence-electron chi connectivity index (χ2n) is 7.26. The van der Waals surface area contributed by atoms with Gasteiger partial charge < -0.3 is 25.4 Å². The van der Waals surface area contributed by atoms with Gasteiger partial charge in [-0.3, -0.25) is 4.99 Å². The summed E-state index contributed by atoms with van der Waals surface area (Å²) in [6.07, 6.45) is 1.66. The highest BCUT2D eigenvalue weighted by Crippen LogP contribution is 2.32. The Morgan fingerprint density at radius 3 is 2.68 bits per heavy atom. The number of nitrogens with zero attached hydrogens (tertiary/aromatic N) is 2. The minimum absolute atomic E-state index is 0. The Labute approximate surface area is 185 Å². The summed E-state index contributed by atoms with van der Waals surface area (Å²) in [5.41, 5.74) is 1.04. The van der Waals surface area contributed by atoms with E-state index >= 15 is 0 Å². The van der Waals surface area contributed by atoms with Crippen molar-refractivity contribution in [1.82, 2.24) is 15.5 Å². The Kier molecular flexibility index (Phi) is 11.9. The molecule has 6 nitrogen and oxygen atoms in total. The molecule has 1 unspecified atom stereocenters. The summed E-state index contributed by atoms with van der Waals surface area (Å²) in [5.74, 6) is 0.582. The maximum atomic E-state index is 13.0. The second-order valence-corrected chi connectivity index (χ2v) is 7.26. The largest absolute Gasteiger partial charge is 0.396 e. The molecule has 0 radical (unpaired) electrons. The number of hydrogen-bond donors (Lipinski definition) is 3. The monoisotopic (exact) mass is 508 g/mol. The van der Waals surface area contributed by atoms with Crippen LogP contribution in [0.4, 0.5) is 4.39 Å². The topological polar surface area (TPSA) is 69.1 Å². The minimum atomic E-state index is -0.207. The van der Waals surface area contributed by atoms with Crippen LogP contribution in [-0.2, 0) is 11.3 Å². The van der Waals surface area contributed by atoms with Crippen molar-refractivity contribution in [2.75, 3.05) is 53.0 Å². The summed E-state index contributed by atoms with van der Waals surface area (Å²) in [4.78, 5) is 6.90. The molecule has 160 valence electrons. The normalized spacial score (nSPS) is 19.5. The highest BCUT2D eigenvalue weighted by molar-refractivity contribution is 14.0. The fraction of sp³-hybridized carbons (Fsp3) is 0.650. The van der Waals surface area contributed by atoms with Gasteiger partial charge in [-0.05, 0) is 44.5 Å². The Morgan fingerprint density at radius 1 is 1.32 bits per heavy atom. The van der Waals surface area contributed by atoms with Gasteiger partial charge >= 0.3 is 0 Å². The summed E-state index contributed by atoms with van der Waals surface area (Å²) < 4.78 is 18.5. The van der Waals surface area contributed by atoms with Gasteiger partial charge in [0.15, 0.2) is 5.96 Å². The molecule has 0 spiro atoms. The van der Waals surface area contributed by atoms with Crippen LogP contribution in [0.25, 0.3) is 0 Å². The number of hydrogen-bond acceptors (Lipinski definition) is 4. The minimum Gasteiger partial charge on any atom is -0.396 e. The summed E-state index contributed by atoms with van der Waals surface area (Å²) in [7, 11) is 2.04. The molecule has 0 saturated carbocycles. The number of aliphatic hydroxyl groups excluding tert-OH is 1. The number of nitrogens with one attached hydrogen (secondary N) is 2. The van der Waals surface area contributed by atoms with Crippen molar-refractivity contribution in [3.63, 3.8) is 0 Å². The van der Waals surface area contributed by atoms with Gasteiger partial charge in [0, 0.05) is 44.8 Å². The molecular weight excluding hydrogens is 474 g/mol. The summed E-state index contributed by atoms with van der Waals surface area (Å²) in [6.45, 7) is 7.42. The summed E-state index contributed by atoms with van der Waals surface area (Å²) in [6, 6.07) is 6.61. The predicted octanol–water partition coefficient (Wildman–Crippen LogP) is 2.22. The van der Waals surface area contributed by atoms with Crippen molar-refractivity contribution in [3.05, 3.63) is 35.6 Å². The van der Waals surface area contributed by atoms with Crippen molar-refractivity contribution < 1.29 is 14.2 Å². The number of likely N-dealkylation sites (N-methyl/N-ethyl adjacent to an activating group) is 1. The molecule has 1 heterocycles. The van der Waals surface area contributed by atoms with Gasteiger partial charge in [-0.15, -0.1) is 24.0 Å². The van der Waals surface area contributed by atoms with Gasteiger partial charge in [-0.2, -0.15) is 0 Å². The molecule has 1 fully saturated rings. The van der Waals surface area contributed by atoms with Gasteiger partial charge in [0.25, 0.3) is 0 Å². The smallest absolute Gasteiger partial charge is 0.191 e. The highest BCUT2D eigenvalue weighted by atomic mass is 127. The molecule has 1 atom stereocenters. The highest BCUT2D eigenvalue weighted by Gasteiger charge is 2.34. The maximum Gasteiger partial charge on any atom is 0.191 e. The van der Waals surface area contributed by atoms with Gasteiger partial charge in [0.1, 0.15) is 5.82 Å². The van der Waals surface area contributed by atoms with Gasteiger partial charge in [0.2, 0.25) is 0 Å². The van der Waals surface area contributed by atoms with Gasteiger partial charge in [0.05, 0.1) is 13.2 Å². The van der Waals surface area contributed by atoms with Crippen molar-refractivity contribution in [3.8, 4) is 0 Å². The molecular formula is C20H34FIN4O2. The number of rotatable bonds is 10. The second kappa shape index (κ2) is 13.3. The van der Waals surface area contributed by atoms with Crippen LogP contribution in [0.3, 0.4) is 0 Å². The van der Waals surface area contributed by atoms with E-state index in [1.165, 1.54) is 12.1 Å². The molecule has 28 heavy (non-hydrogen) atoms. The lowest BCUT2D eigenvalue weighted by Gasteiger charge is -2.25. The van der Waals surface area contributed by atoms with Crippen LogP contribution < -0.4 is 10.6 Å². The van der Waals surface area contributed by atoms with Crippen molar-refractivity contribution in [2.45, 2.75) is 26.3 Å². The van der Waals surface area contributed by atoms with Gasteiger partial charge in [-0.1, -0.05) is 12.1 Å². The zero-order valence-electron chi connectivity index (χ0n) is 16.9. The molecule has 1 aliphatic rings. The van der Waals surface area contributed by atoms with Crippen LogP contribution in [0, 0.1) is 11.2 Å². The molecule has 0 amide bonds. The van der Waals surface area contributed by atoms with Crippen LogP contribution in [0.5, 0.6) is 0 Å². The van der Waals surface area contributed by atoms with Crippen LogP contribution >= 0.6 is 24.0 Å². The van der Waals surface area contributed by atoms with E-state index in [2.05, 4.69) is 15.5 Å². The summed E-state index contributed by atoms with van der Waals surface area (Å²) >= 11 is 0. The van der Waals surface area contributed by atoms with Crippen LogP contribution in [-0.4, -0.2) is 69.0 Å². The van der Waals surface area contributed by atoms with E-state index in [1.807, 2.05) is 26.1 Å². The fourth-order valence-electron chi connectivity index (χ4n) is 3.22. The molecule has 0 bridgehead atoms. The van der Waals surface area contributed by atoms with E-state index in [9.17, 15) is 9.50 Å². The third kappa shape index (κ3) is 8.59.